The molecule has 2 aliphatic heterocycles. The molecular weight excluding hydrogens is 526 g/mol. The molecule has 0 unspecified atom stereocenters. The fourth-order valence-electron chi connectivity index (χ4n) is 5.12. The zero-order valence-electron chi connectivity index (χ0n) is 24.5. The topological polar surface area (TPSA) is 85.9 Å². The molecule has 2 aliphatic rings. The number of amides is 1. The average molecular weight is 566 g/mol. The lowest BCUT2D eigenvalue weighted by Crippen LogP contribution is -2.49. The second kappa shape index (κ2) is 14.5. The van der Waals surface area contributed by atoms with Crippen molar-refractivity contribution in [3.63, 3.8) is 0 Å². The minimum absolute atomic E-state index is 0.0761. The van der Waals surface area contributed by atoms with Crippen molar-refractivity contribution < 1.29 is 9.53 Å². The number of nitrogens with zero attached hydrogens (tertiary/aromatic N) is 5. The minimum Gasteiger partial charge on any atom is -0.493 e. The standard InChI is InChI=1S/C33H39N7O2/c1-3-8-32(41)40-18-16-39(17-19-40)15-13-34-28-21-26-22-29(24-28)36-33-35-12-11-31(37-33)27-9-7-10-30(23-27)42-20-6-4-5-14-38(2)25-26/h4-5,7,9-12,21-24,34H,6,13-20,25H2,1-2H3,(H,35,36,37)/b5-4+. The van der Waals surface area contributed by atoms with Crippen molar-refractivity contribution in [3.05, 3.63) is 72.4 Å². The number of benzene rings is 2. The number of ether oxygens (including phenoxy) is 1. The summed E-state index contributed by atoms with van der Waals surface area (Å²) in [5.41, 5.74) is 4.98. The SMILES string of the molecule is CC#CC(=O)N1CCN(CCNc2cc3cc(c2)Nc2nccc(n2)-c2cccc(c2)OCC/C=C/CN(C)C3)CC1. The van der Waals surface area contributed by atoms with Crippen molar-refractivity contribution in [2.75, 3.05) is 70.1 Å². The highest BCUT2D eigenvalue weighted by Gasteiger charge is 2.19. The maximum atomic E-state index is 12.0. The summed E-state index contributed by atoms with van der Waals surface area (Å²) in [5.74, 6) is 6.64. The first-order chi connectivity index (χ1) is 20.6. The Labute approximate surface area is 248 Å². The number of carbonyl (C=O) groups is 1. The molecule has 5 rings (SSSR count). The van der Waals surface area contributed by atoms with Gasteiger partial charge >= 0.3 is 0 Å². The van der Waals surface area contributed by atoms with Gasteiger partial charge in [-0.3, -0.25) is 14.6 Å². The molecule has 1 fully saturated rings. The van der Waals surface area contributed by atoms with Crippen LogP contribution in [0.25, 0.3) is 11.3 Å². The third-order valence-corrected chi connectivity index (χ3v) is 7.27. The molecular formula is C33H39N7O2. The highest BCUT2D eigenvalue weighted by Crippen LogP contribution is 2.26. The Bertz CT molecular complexity index is 1450. The first-order valence-corrected chi connectivity index (χ1v) is 14.5. The van der Waals surface area contributed by atoms with Crippen molar-refractivity contribution >= 4 is 23.2 Å². The third kappa shape index (κ3) is 8.32. The molecule has 0 atom stereocenters. The average Bonchev–Trinajstić information content (AvgIpc) is 2.99. The number of rotatable bonds is 4. The Morgan fingerprint density at radius 1 is 1.10 bits per heavy atom. The van der Waals surface area contributed by atoms with Gasteiger partial charge in [-0.25, -0.2) is 9.97 Å². The van der Waals surface area contributed by atoms with Crippen molar-refractivity contribution in [2.45, 2.75) is 19.9 Å². The molecule has 0 aliphatic carbocycles. The normalized spacial score (nSPS) is 17.0. The van der Waals surface area contributed by atoms with E-state index in [1.54, 1.807) is 13.1 Å². The lowest BCUT2D eigenvalue weighted by molar-refractivity contribution is -0.126. The Balaban J connectivity index is 1.30. The van der Waals surface area contributed by atoms with Crippen molar-refractivity contribution in [3.8, 4) is 28.8 Å². The fraction of sp³-hybridized carbons (Fsp3) is 0.364. The smallest absolute Gasteiger partial charge is 0.298 e. The lowest BCUT2D eigenvalue weighted by atomic mass is 10.1. The number of aromatic nitrogens is 2. The Morgan fingerprint density at radius 2 is 1.98 bits per heavy atom. The van der Waals surface area contributed by atoms with Crippen molar-refractivity contribution in [1.82, 2.24) is 24.7 Å². The Morgan fingerprint density at radius 3 is 2.83 bits per heavy atom. The van der Waals surface area contributed by atoms with Crippen molar-refractivity contribution in [2.24, 2.45) is 0 Å². The molecule has 1 amide bonds. The predicted octanol–water partition coefficient (Wildman–Crippen LogP) is 4.24. The van der Waals surface area contributed by atoms with E-state index in [1.165, 1.54) is 5.56 Å². The van der Waals surface area contributed by atoms with Crippen LogP contribution in [-0.4, -0.2) is 90.0 Å². The highest BCUT2D eigenvalue weighted by molar-refractivity contribution is 5.93. The van der Waals surface area contributed by atoms with Gasteiger partial charge in [0.05, 0.1) is 12.3 Å². The maximum Gasteiger partial charge on any atom is 0.298 e. The summed E-state index contributed by atoms with van der Waals surface area (Å²) in [6, 6.07) is 16.4. The molecule has 42 heavy (non-hydrogen) atoms. The molecule has 9 nitrogen and oxygen atoms in total. The summed E-state index contributed by atoms with van der Waals surface area (Å²) in [4.78, 5) is 27.8. The van der Waals surface area contributed by atoms with Gasteiger partial charge in [-0.1, -0.05) is 30.2 Å². The third-order valence-electron chi connectivity index (χ3n) is 7.27. The summed E-state index contributed by atoms with van der Waals surface area (Å²) >= 11 is 0. The van der Waals surface area contributed by atoms with Gasteiger partial charge in [0.25, 0.3) is 5.91 Å². The molecule has 9 heteroatoms. The number of hydrogen-bond donors (Lipinski definition) is 2. The van der Waals surface area contributed by atoms with E-state index >= 15 is 0 Å². The van der Waals surface area contributed by atoms with E-state index in [0.29, 0.717) is 25.6 Å². The van der Waals surface area contributed by atoms with E-state index in [1.807, 2.05) is 35.2 Å². The predicted molar refractivity (Wildman–Crippen MR) is 168 cm³/mol. The first kappa shape index (κ1) is 29.1. The first-order valence-electron chi connectivity index (χ1n) is 14.5. The van der Waals surface area contributed by atoms with Crippen LogP contribution < -0.4 is 15.4 Å². The van der Waals surface area contributed by atoms with E-state index in [2.05, 4.69) is 74.7 Å². The summed E-state index contributed by atoms with van der Waals surface area (Å²) < 4.78 is 5.98. The molecule has 1 saturated heterocycles. The van der Waals surface area contributed by atoms with Crippen LogP contribution in [0.5, 0.6) is 5.75 Å². The minimum atomic E-state index is -0.0761. The van der Waals surface area contributed by atoms with Gasteiger partial charge in [-0.15, -0.1) is 0 Å². The molecule has 1 aromatic heterocycles. The van der Waals surface area contributed by atoms with Crippen LogP contribution in [0.15, 0.2) is 66.9 Å². The lowest BCUT2D eigenvalue weighted by Gasteiger charge is -2.33. The number of carbonyl (C=O) groups excluding carboxylic acids is 1. The molecule has 2 N–H and O–H groups in total. The highest BCUT2D eigenvalue weighted by atomic mass is 16.5. The number of nitrogens with one attached hydrogen (secondary N) is 2. The van der Waals surface area contributed by atoms with E-state index < -0.39 is 0 Å². The van der Waals surface area contributed by atoms with Gasteiger partial charge in [-0.05, 0) is 68.3 Å². The molecule has 0 spiro atoms. The second-order valence-corrected chi connectivity index (χ2v) is 10.6. The van der Waals surface area contributed by atoms with E-state index in [9.17, 15) is 4.79 Å². The molecule has 218 valence electrons. The number of fused-ring (bicyclic) bond motifs is 7. The summed E-state index contributed by atoms with van der Waals surface area (Å²) in [6.45, 7) is 8.81. The van der Waals surface area contributed by atoms with Gasteiger partial charge in [0.15, 0.2) is 0 Å². The van der Waals surface area contributed by atoms with Crippen molar-refractivity contribution in [1.29, 1.82) is 0 Å². The quantitative estimate of drug-likeness (QED) is 0.359. The van der Waals surface area contributed by atoms with Crippen LogP contribution >= 0.6 is 0 Å². The van der Waals surface area contributed by atoms with E-state index in [0.717, 1.165) is 74.1 Å². The number of piperazine rings is 1. The summed E-state index contributed by atoms with van der Waals surface area (Å²) in [5, 5.41) is 7.05. The largest absolute Gasteiger partial charge is 0.493 e. The second-order valence-electron chi connectivity index (χ2n) is 10.6. The zero-order chi connectivity index (χ0) is 29.1. The maximum absolute atomic E-state index is 12.0. The van der Waals surface area contributed by atoms with Crippen LogP contribution in [0.3, 0.4) is 0 Å². The molecule has 6 bridgehead atoms. The number of hydrogen-bond acceptors (Lipinski definition) is 8. The van der Waals surface area contributed by atoms with Gasteiger partial charge in [0.1, 0.15) is 5.75 Å². The van der Waals surface area contributed by atoms with Gasteiger partial charge in [-0.2, -0.15) is 0 Å². The van der Waals surface area contributed by atoms with E-state index in [-0.39, 0.29) is 5.91 Å². The molecule has 0 radical (unpaired) electrons. The summed E-state index contributed by atoms with van der Waals surface area (Å²) in [7, 11) is 2.13. The number of anilines is 3. The Kier molecular flexibility index (Phi) is 10.0. The zero-order valence-corrected chi connectivity index (χ0v) is 24.5. The summed E-state index contributed by atoms with van der Waals surface area (Å²) in [6.07, 6.45) is 7.00. The Hall–Kier alpha value is -4.39. The van der Waals surface area contributed by atoms with Gasteiger partial charge < -0.3 is 20.3 Å². The van der Waals surface area contributed by atoms with Crippen LogP contribution in [0.2, 0.25) is 0 Å². The number of likely N-dealkylation sites (N-methyl/N-ethyl adjacent to an activating group) is 1. The fourth-order valence-corrected chi connectivity index (χ4v) is 5.12. The molecule has 2 aromatic carbocycles. The van der Waals surface area contributed by atoms with Crippen LogP contribution in [-0.2, 0) is 11.3 Å². The van der Waals surface area contributed by atoms with Crippen LogP contribution in [0.1, 0.15) is 18.9 Å². The molecule has 0 saturated carbocycles. The molecule has 3 aromatic rings. The van der Waals surface area contributed by atoms with E-state index in [4.69, 9.17) is 9.72 Å². The van der Waals surface area contributed by atoms with Gasteiger partial charge in [0, 0.05) is 75.5 Å². The molecule has 3 heterocycles. The van der Waals surface area contributed by atoms with Gasteiger partial charge in [0.2, 0.25) is 5.95 Å². The van der Waals surface area contributed by atoms with Crippen LogP contribution in [0.4, 0.5) is 17.3 Å². The monoisotopic (exact) mass is 565 g/mol. The van der Waals surface area contributed by atoms with Crippen LogP contribution in [0, 0.1) is 11.8 Å².